The normalized spacial score (nSPS) is 24.0. The molecule has 3 heteroatoms. The van der Waals surface area contributed by atoms with Gasteiger partial charge in [0.05, 0.1) is 6.10 Å². The van der Waals surface area contributed by atoms with Crippen molar-refractivity contribution < 1.29 is 9.84 Å². The molecular weight excluding hydrogens is 346 g/mol. The second-order valence-corrected chi connectivity index (χ2v) is 10.5. The summed E-state index contributed by atoms with van der Waals surface area (Å²) >= 11 is 0. The van der Waals surface area contributed by atoms with Gasteiger partial charge in [0.2, 0.25) is 0 Å². The van der Waals surface area contributed by atoms with Gasteiger partial charge in [-0.15, -0.1) is 0 Å². The van der Waals surface area contributed by atoms with Crippen molar-refractivity contribution >= 4 is 0 Å². The number of ether oxygens (including phenoxy) is 1. The number of hydrogen-bond acceptors (Lipinski definition) is 3. The van der Waals surface area contributed by atoms with Crippen LogP contribution in [0.4, 0.5) is 0 Å². The van der Waals surface area contributed by atoms with Crippen LogP contribution >= 0.6 is 0 Å². The first kappa shape index (κ1) is 25.9. The molecule has 0 aromatic carbocycles. The third kappa shape index (κ3) is 10.6. The van der Waals surface area contributed by atoms with Gasteiger partial charge in [-0.05, 0) is 61.3 Å². The first-order valence-corrected chi connectivity index (χ1v) is 12.2. The fourth-order valence-corrected chi connectivity index (χ4v) is 4.22. The molecule has 1 atom stereocenters. The van der Waals surface area contributed by atoms with E-state index in [1.807, 2.05) is 0 Å². The smallest absolute Gasteiger partial charge is 0.0700 e. The Kier molecular flexibility index (Phi) is 12.9. The molecule has 2 saturated carbocycles. The second kappa shape index (κ2) is 14.0. The van der Waals surface area contributed by atoms with Crippen LogP contribution in [0.5, 0.6) is 0 Å². The van der Waals surface area contributed by atoms with Gasteiger partial charge in [0, 0.05) is 19.8 Å². The minimum absolute atomic E-state index is 0.347. The summed E-state index contributed by atoms with van der Waals surface area (Å²) < 4.78 is 5.47. The maximum atomic E-state index is 8.83. The molecule has 1 unspecified atom stereocenters. The minimum atomic E-state index is 0.347. The lowest BCUT2D eigenvalue weighted by atomic mass is 9.82. The summed E-state index contributed by atoms with van der Waals surface area (Å²) in [4.78, 5) is 0. The molecule has 0 bridgehead atoms. The fraction of sp³-hybridized carbons (Fsp3) is 1.00. The Morgan fingerprint density at radius 2 is 1.57 bits per heavy atom. The number of rotatable bonds is 7. The molecule has 1 heterocycles. The van der Waals surface area contributed by atoms with Crippen LogP contribution in [0.15, 0.2) is 0 Å². The standard InChI is InChI=1S/C9H19NO.C9H18.C7H14O/c1-8(2)6-10-7-9-4-3-5-11-9;1-8(2)9-6-4-3-5-7-9;1-6(2)7(5-8)3-4-7/h8-10H,3-7H2,1-2H3;8-9H,3-7H2,1-2H3;6,8H,3-5H2,1-2H3. The lowest BCUT2D eigenvalue weighted by Gasteiger charge is -2.24. The van der Waals surface area contributed by atoms with E-state index in [2.05, 4.69) is 46.9 Å². The van der Waals surface area contributed by atoms with Crippen LogP contribution in [-0.2, 0) is 4.74 Å². The van der Waals surface area contributed by atoms with Gasteiger partial charge >= 0.3 is 0 Å². The van der Waals surface area contributed by atoms with Crippen molar-refractivity contribution in [3.05, 3.63) is 0 Å². The summed E-state index contributed by atoms with van der Waals surface area (Å²) in [6.45, 7) is 17.0. The molecule has 1 saturated heterocycles. The molecule has 0 radical (unpaired) electrons. The number of aliphatic hydroxyl groups is 1. The van der Waals surface area contributed by atoms with Crippen LogP contribution in [-0.4, -0.2) is 37.5 Å². The van der Waals surface area contributed by atoms with E-state index < -0.39 is 0 Å². The summed E-state index contributed by atoms with van der Waals surface area (Å²) in [6.07, 6.45) is 12.9. The SMILES string of the molecule is CC(C)C1(CO)CC1.CC(C)C1CCCCC1.CC(C)CNCC1CCCO1. The van der Waals surface area contributed by atoms with Crippen molar-refractivity contribution in [2.75, 3.05) is 26.3 Å². The van der Waals surface area contributed by atoms with Crippen LogP contribution in [0, 0.1) is 29.1 Å². The van der Waals surface area contributed by atoms with Gasteiger partial charge in [-0.2, -0.15) is 0 Å². The molecule has 168 valence electrons. The van der Waals surface area contributed by atoms with Gasteiger partial charge < -0.3 is 15.2 Å². The first-order chi connectivity index (χ1) is 13.3. The fourth-order valence-electron chi connectivity index (χ4n) is 4.22. The number of aliphatic hydroxyl groups excluding tert-OH is 1. The molecule has 28 heavy (non-hydrogen) atoms. The van der Waals surface area contributed by atoms with Gasteiger partial charge in [-0.1, -0.05) is 73.6 Å². The third-order valence-corrected chi connectivity index (χ3v) is 6.97. The van der Waals surface area contributed by atoms with Crippen molar-refractivity contribution in [1.29, 1.82) is 0 Å². The summed E-state index contributed by atoms with van der Waals surface area (Å²) in [5, 5.41) is 12.2. The van der Waals surface area contributed by atoms with E-state index >= 15 is 0 Å². The summed E-state index contributed by atoms with van der Waals surface area (Å²) in [5.74, 6) is 3.41. The topological polar surface area (TPSA) is 41.5 Å². The quantitative estimate of drug-likeness (QED) is 0.549. The van der Waals surface area contributed by atoms with Gasteiger partial charge in [-0.25, -0.2) is 0 Å². The van der Waals surface area contributed by atoms with Crippen molar-refractivity contribution in [3.8, 4) is 0 Å². The molecule has 3 aliphatic rings. The van der Waals surface area contributed by atoms with Gasteiger partial charge in [-0.3, -0.25) is 0 Å². The van der Waals surface area contributed by atoms with E-state index in [4.69, 9.17) is 9.84 Å². The predicted octanol–water partition coefficient (Wildman–Crippen LogP) is 6.05. The molecule has 0 spiro atoms. The molecule has 0 aromatic rings. The Balaban J connectivity index is 0.000000213. The first-order valence-electron chi connectivity index (χ1n) is 12.2. The van der Waals surface area contributed by atoms with E-state index in [1.165, 1.54) is 57.8 Å². The van der Waals surface area contributed by atoms with Crippen LogP contribution in [0.1, 0.15) is 99.3 Å². The lowest BCUT2D eigenvalue weighted by molar-refractivity contribution is 0.109. The molecule has 3 nitrogen and oxygen atoms in total. The third-order valence-electron chi connectivity index (χ3n) is 6.97. The largest absolute Gasteiger partial charge is 0.396 e. The highest BCUT2D eigenvalue weighted by Gasteiger charge is 2.44. The Morgan fingerprint density at radius 1 is 0.929 bits per heavy atom. The van der Waals surface area contributed by atoms with E-state index in [1.54, 1.807) is 0 Å². The van der Waals surface area contributed by atoms with Crippen LogP contribution in [0.2, 0.25) is 0 Å². The Bertz CT molecular complexity index is 365. The molecule has 3 rings (SSSR count). The highest BCUT2D eigenvalue weighted by atomic mass is 16.5. The zero-order valence-corrected chi connectivity index (χ0v) is 19.9. The van der Waals surface area contributed by atoms with E-state index in [-0.39, 0.29) is 0 Å². The van der Waals surface area contributed by atoms with Gasteiger partial charge in [0.25, 0.3) is 0 Å². The highest BCUT2D eigenvalue weighted by Crippen LogP contribution is 2.51. The van der Waals surface area contributed by atoms with E-state index in [0.717, 1.165) is 37.5 Å². The summed E-state index contributed by atoms with van der Waals surface area (Å²) in [5.41, 5.74) is 0.347. The monoisotopic (exact) mass is 397 g/mol. The van der Waals surface area contributed by atoms with Gasteiger partial charge in [0.1, 0.15) is 0 Å². The zero-order chi connectivity index (χ0) is 21.0. The molecular formula is C25H51NO2. The lowest BCUT2D eigenvalue weighted by Crippen LogP contribution is -2.29. The van der Waals surface area contributed by atoms with E-state index in [0.29, 0.717) is 24.0 Å². The maximum Gasteiger partial charge on any atom is 0.0700 e. The van der Waals surface area contributed by atoms with Crippen molar-refractivity contribution in [3.63, 3.8) is 0 Å². The molecule has 2 aliphatic carbocycles. The Hall–Kier alpha value is -0.120. The second-order valence-electron chi connectivity index (χ2n) is 10.5. The number of nitrogens with one attached hydrogen (secondary N) is 1. The molecule has 2 N–H and O–H groups in total. The average Bonchev–Trinajstić information content (AvgIpc) is 3.32. The van der Waals surface area contributed by atoms with Crippen LogP contribution in [0.3, 0.4) is 0 Å². The Labute approximate surface area is 176 Å². The van der Waals surface area contributed by atoms with E-state index in [9.17, 15) is 0 Å². The molecule has 0 amide bonds. The molecule has 1 aliphatic heterocycles. The highest BCUT2D eigenvalue weighted by molar-refractivity contribution is 4.94. The molecule has 3 fully saturated rings. The van der Waals surface area contributed by atoms with Crippen molar-refractivity contribution in [1.82, 2.24) is 5.32 Å². The minimum Gasteiger partial charge on any atom is -0.396 e. The van der Waals surface area contributed by atoms with Crippen molar-refractivity contribution in [2.45, 2.75) is 105 Å². The maximum absolute atomic E-state index is 8.83. The van der Waals surface area contributed by atoms with Gasteiger partial charge in [0.15, 0.2) is 0 Å². The summed E-state index contributed by atoms with van der Waals surface area (Å²) in [6, 6.07) is 0. The van der Waals surface area contributed by atoms with Crippen LogP contribution < -0.4 is 5.32 Å². The zero-order valence-electron chi connectivity index (χ0n) is 19.9. The predicted molar refractivity (Wildman–Crippen MR) is 122 cm³/mol. The average molecular weight is 398 g/mol. The van der Waals surface area contributed by atoms with Crippen LogP contribution in [0.25, 0.3) is 0 Å². The summed E-state index contributed by atoms with van der Waals surface area (Å²) in [7, 11) is 0. The van der Waals surface area contributed by atoms with Crippen molar-refractivity contribution in [2.24, 2.45) is 29.1 Å². The Morgan fingerprint density at radius 3 is 1.89 bits per heavy atom. The number of hydrogen-bond donors (Lipinski definition) is 2. The molecule has 0 aromatic heterocycles.